The lowest BCUT2D eigenvalue weighted by molar-refractivity contribution is -0.134. The summed E-state index contributed by atoms with van der Waals surface area (Å²) in [4.78, 5) is 26.3. The van der Waals surface area contributed by atoms with Crippen LogP contribution in [0.1, 0.15) is 43.6 Å². The largest absolute Gasteiger partial charge is 0.467 e. The first-order valence-corrected chi connectivity index (χ1v) is 9.63. The van der Waals surface area contributed by atoms with Gasteiger partial charge in [0.15, 0.2) is 0 Å². The van der Waals surface area contributed by atoms with Gasteiger partial charge >= 0.3 is 0 Å². The second-order valence-electron chi connectivity index (χ2n) is 7.26. The molecule has 4 rings (SSSR count). The highest BCUT2D eigenvalue weighted by molar-refractivity contribution is 6.03. The Hall–Kier alpha value is -2.93. The van der Waals surface area contributed by atoms with Crippen molar-refractivity contribution in [2.24, 2.45) is 5.10 Å². The first-order chi connectivity index (χ1) is 13.6. The molecule has 1 fully saturated rings. The number of hydrogen-bond acceptors (Lipinski definition) is 5. The number of nitrogens with zero attached hydrogens (tertiary/aromatic N) is 3. The number of carbonyl (C=O) groups excluding carboxylic acids is 2. The first kappa shape index (κ1) is 18.4. The van der Waals surface area contributed by atoms with Gasteiger partial charge in [0, 0.05) is 19.0 Å². The molecular formula is C21H24N4O3. The summed E-state index contributed by atoms with van der Waals surface area (Å²) in [5.74, 6) is 0.624. The number of benzene rings is 1. The van der Waals surface area contributed by atoms with Gasteiger partial charge in [-0.05, 0) is 55.8 Å². The predicted octanol–water partition coefficient (Wildman–Crippen LogP) is 3.01. The third kappa shape index (κ3) is 3.99. The molecule has 28 heavy (non-hydrogen) atoms. The molecule has 2 aliphatic rings. The van der Waals surface area contributed by atoms with Crippen LogP contribution in [0, 0.1) is 0 Å². The summed E-state index contributed by atoms with van der Waals surface area (Å²) in [7, 11) is 0. The summed E-state index contributed by atoms with van der Waals surface area (Å²) < 4.78 is 5.59. The number of nitrogens with one attached hydrogen (secondary N) is 1. The van der Waals surface area contributed by atoms with E-state index in [0.717, 1.165) is 48.7 Å². The van der Waals surface area contributed by atoms with Crippen LogP contribution in [0.25, 0.3) is 0 Å². The summed E-state index contributed by atoms with van der Waals surface area (Å²) in [6, 6.07) is 11.0. The molecule has 2 aliphatic heterocycles. The molecule has 0 unspecified atom stereocenters. The number of furan rings is 1. The molecule has 0 bridgehead atoms. The topological polar surface area (TPSA) is 78.2 Å². The molecule has 7 heteroatoms. The molecule has 0 aliphatic carbocycles. The average molecular weight is 380 g/mol. The Bertz CT molecular complexity index is 868. The maximum absolute atomic E-state index is 12.9. The lowest BCUT2D eigenvalue weighted by Gasteiger charge is -2.22. The smallest absolute Gasteiger partial charge is 0.257 e. The molecule has 0 saturated carbocycles. The fourth-order valence-corrected chi connectivity index (χ4v) is 3.77. The van der Waals surface area contributed by atoms with Crippen molar-refractivity contribution in [3.63, 3.8) is 0 Å². The van der Waals surface area contributed by atoms with Gasteiger partial charge in [0.05, 0.1) is 18.5 Å². The lowest BCUT2D eigenvalue weighted by Crippen LogP contribution is -2.36. The molecule has 1 aromatic heterocycles. The van der Waals surface area contributed by atoms with Gasteiger partial charge in [0.25, 0.3) is 5.91 Å². The molecule has 146 valence electrons. The van der Waals surface area contributed by atoms with Crippen molar-refractivity contribution in [1.29, 1.82) is 0 Å². The van der Waals surface area contributed by atoms with Crippen molar-refractivity contribution in [3.8, 4) is 0 Å². The van der Waals surface area contributed by atoms with Crippen LogP contribution in [-0.4, -0.2) is 47.1 Å². The highest BCUT2D eigenvalue weighted by atomic mass is 16.3. The summed E-state index contributed by atoms with van der Waals surface area (Å²) in [6.45, 7) is 3.79. The predicted molar refractivity (Wildman–Crippen MR) is 106 cm³/mol. The van der Waals surface area contributed by atoms with E-state index in [4.69, 9.17) is 4.42 Å². The van der Waals surface area contributed by atoms with E-state index in [9.17, 15) is 9.59 Å². The van der Waals surface area contributed by atoms with Crippen LogP contribution in [0.4, 0.5) is 5.69 Å². The zero-order chi connectivity index (χ0) is 19.5. The summed E-state index contributed by atoms with van der Waals surface area (Å²) in [6.07, 6.45) is 4.51. The molecule has 1 atom stereocenters. The van der Waals surface area contributed by atoms with Crippen LogP contribution in [0.3, 0.4) is 0 Å². The number of hydrogen-bond donors (Lipinski definition) is 1. The number of rotatable bonds is 5. The van der Waals surface area contributed by atoms with Crippen LogP contribution in [-0.2, 0) is 9.59 Å². The van der Waals surface area contributed by atoms with Gasteiger partial charge in [-0.15, -0.1) is 0 Å². The minimum atomic E-state index is -0.227. The van der Waals surface area contributed by atoms with E-state index in [1.165, 1.54) is 6.92 Å². The number of carbonyl (C=O) groups is 2. The second kappa shape index (κ2) is 7.98. The zero-order valence-corrected chi connectivity index (χ0v) is 15.9. The fourth-order valence-electron chi connectivity index (χ4n) is 3.77. The molecular weight excluding hydrogens is 356 g/mol. The molecule has 0 spiro atoms. The van der Waals surface area contributed by atoms with E-state index in [0.29, 0.717) is 13.0 Å². The van der Waals surface area contributed by atoms with Gasteiger partial charge < -0.3 is 9.73 Å². The minimum Gasteiger partial charge on any atom is -0.467 e. The zero-order valence-electron chi connectivity index (χ0n) is 15.9. The summed E-state index contributed by atoms with van der Waals surface area (Å²) >= 11 is 0. The monoisotopic (exact) mass is 380 g/mol. The quantitative estimate of drug-likeness (QED) is 0.865. The van der Waals surface area contributed by atoms with Crippen molar-refractivity contribution in [3.05, 3.63) is 54.0 Å². The fraction of sp³-hybridized carbons (Fsp3) is 0.381. The number of likely N-dealkylation sites (tertiary alicyclic amines) is 1. The molecule has 7 nitrogen and oxygen atoms in total. The Morgan fingerprint density at radius 1 is 1.18 bits per heavy atom. The van der Waals surface area contributed by atoms with Gasteiger partial charge in [0.1, 0.15) is 11.8 Å². The van der Waals surface area contributed by atoms with Crippen molar-refractivity contribution in [2.45, 2.75) is 32.2 Å². The Kier molecular flexibility index (Phi) is 5.25. The number of anilines is 1. The van der Waals surface area contributed by atoms with Gasteiger partial charge in [0.2, 0.25) is 5.91 Å². The summed E-state index contributed by atoms with van der Waals surface area (Å²) in [5, 5.41) is 8.99. The molecule has 3 heterocycles. The van der Waals surface area contributed by atoms with E-state index >= 15 is 0 Å². The van der Waals surface area contributed by atoms with E-state index in [1.54, 1.807) is 11.3 Å². The van der Waals surface area contributed by atoms with Crippen LogP contribution in [0.5, 0.6) is 0 Å². The van der Waals surface area contributed by atoms with Crippen molar-refractivity contribution < 1.29 is 14.0 Å². The van der Waals surface area contributed by atoms with Crippen molar-refractivity contribution in [1.82, 2.24) is 9.91 Å². The highest BCUT2D eigenvalue weighted by Gasteiger charge is 2.35. The van der Waals surface area contributed by atoms with Gasteiger partial charge in [-0.3, -0.25) is 14.5 Å². The maximum atomic E-state index is 12.9. The first-order valence-electron chi connectivity index (χ1n) is 9.63. The van der Waals surface area contributed by atoms with E-state index in [2.05, 4.69) is 15.3 Å². The maximum Gasteiger partial charge on any atom is 0.257 e. The van der Waals surface area contributed by atoms with Gasteiger partial charge in [-0.1, -0.05) is 12.1 Å². The Morgan fingerprint density at radius 2 is 1.93 bits per heavy atom. The molecule has 1 N–H and O–H groups in total. The van der Waals surface area contributed by atoms with Crippen molar-refractivity contribution >= 4 is 23.2 Å². The standard InChI is InChI=1S/C21H24N4O3/c1-15(26)22-17-8-6-16(7-9-17)18-13-19(20-5-4-12-28-20)25(23-18)21(27)14-24-10-2-3-11-24/h4-9,12,19H,2-3,10-11,13-14H2,1H3,(H,22,26)/t19-/m0/s1. The molecule has 2 amide bonds. The lowest BCUT2D eigenvalue weighted by atomic mass is 10.0. The molecule has 1 aromatic carbocycles. The Balaban J connectivity index is 1.55. The number of amides is 2. The molecule has 1 saturated heterocycles. The second-order valence-corrected chi connectivity index (χ2v) is 7.26. The van der Waals surface area contributed by atoms with E-state index in [1.807, 2.05) is 36.4 Å². The molecule has 0 radical (unpaired) electrons. The SMILES string of the molecule is CC(=O)Nc1ccc(C2=NN(C(=O)CN3CCCC3)[C@H](c3ccco3)C2)cc1. The third-order valence-corrected chi connectivity index (χ3v) is 5.13. The van der Waals surface area contributed by atoms with E-state index < -0.39 is 0 Å². The number of hydrazone groups is 1. The van der Waals surface area contributed by atoms with Gasteiger partial charge in [-0.25, -0.2) is 5.01 Å². The van der Waals surface area contributed by atoms with E-state index in [-0.39, 0.29) is 17.9 Å². The van der Waals surface area contributed by atoms with Crippen LogP contribution >= 0.6 is 0 Å². The average Bonchev–Trinajstić information content (AvgIpc) is 3.42. The van der Waals surface area contributed by atoms with Crippen LogP contribution < -0.4 is 5.32 Å². The summed E-state index contributed by atoms with van der Waals surface area (Å²) in [5.41, 5.74) is 2.51. The van der Waals surface area contributed by atoms with Crippen LogP contribution in [0.15, 0.2) is 52.2 Å². The Morgan fingerprint density at radius 3 is 2.57 bits per heavy atom. The molecule has 2 aromatic rings. The normalized spacial score (nSPS) is 19.7. The van der Waals surface area contributed by atoms with Gasteiger partial charge in [-0.2, -0.15) is 5.10 Å². The minimum absolute atomic E-state index is 0.00633. The van der Waals surface area contributed by atoms with Crippen molar-refractivity contribution in [2.75, 3.05) is 25.0 Å². The third-order valence-electron chi connectivity index (χ3n) is 5.13. The highest BCUT2D eigenvalue weighted by Crippen LogP contribution is 2.33. The Labute approximate surface area is 164 Å². The van der Waals surface area contributed by atoms with Crippen LogP contribution in [0.2, 0.25) is 0 Å².